The smallest absolute Gasteiger partial charge is 0.333 e. The fourth-order valence-electron chi connectivity index (χ4n) is 9.52. The number of nitrogens with two attached hydrogens (primary N) is 1. The molecule has 1 saturated heterocycles. The molecule has 93 heavy (non-hydrogen) atoms. The molecule has 2 aromatic carbocycles. The van der Waals surface area contributed by atoms with Crippen LogP contribution in [0.2, 0.25) is 0 Å². The Kier molecular flexibility index (Phi) is 31.1. The molecule has 3 aromatic rings. The zero-order valence-electron chi connectivity index (χ0n) is 52.7. The summed E-state index contributed by atoms with van der Waals surface area (Å²) in [5.74, 6) is -13.6. The van der Waals surface area contributed by atoms with E-state index in [1.165, 1.54) is 25.9 Å². The number of amides is 11. The van der Waals surface area contributed by atoms with E-state index < -0.39 is 195 Å². The number of aliphatic hydroxyl groups excluding tert-OH is 1. The van der Waals surface area contributed by atoms with E-state index >= 15 is 4.39 Å². The third-order valence-corrected chi connectivity index (χ3v) is 14.1. The number of rotatable bonds is 40. The molecule has 0 unspecified atom stereocenters. The van der Waals surface area contributed by atoms with Gasteiger partial charge in [0.05, 0.1) is 38.9 Å². The van der Waals surface area contributed by atoms with Crippen LogP contribution in [0, 0.1) is 17.0 Å². The largest absolute Gasteiger partial charge is 0.481 e. The molecule has 2 heterocycles. The standard InChI is InChI=1S/C61H83F2N11O19/c1-36(67-49(78)35-92-28-27-91-26-25-90-6)56(85)68-37(2)57(86)71-45(31-47(64)76)60(89)70-44(59(88)66-23-22-65-58(87)43(17-20-53(82)83)69-48(77)13-10-14-54(84)93-74-50(79)18-19-51(74)80)21-24-73(52(81)34-75)55(61(3,4)5)46-29-39(41-30-40(62)15-16-42(41)63)33-72(46)32-38-11-8-7-9-12-38/h7-9,11-12,15-16,29-30,33,36-37,43-45,55,75H,10,13-14,17-28,31-32,34-35H2,1-6H3,(H2,64,76)(H,65,87)(H,66,88)(H,67,78)(H,68,85)(H,69,77)(H,70,89)(H,71,86)(H,82,83)/t36-,37+,43+,44-,45-,55-/m0/s1. The second kappa shape index (κ2) is 37.9. The van der Waals surface area contributed by atoms with Crippen molar-refractivity contribution in [1.82, 2.24) is 51.7 Å². The Balaban J connectivity index is 1.60. The summed E-state index contributed by atoms with van der Waals surface area (Å²) in [5.41, 5.74) is 5.82. The van der Waals surface area contributed by atoms with Crippen molar-refractivity contribution >= 4 is 76.9 Å². The minimum absolute atomic E-state index is 0.0602. The summed E-state index contributed by atoms with van der Waals surface area (Å²) < 4.78 is 47.4. The highest BCUT2D eigenvalue weighted by Crippen LogP contribution is 2.41. The number of nitrogens with zero attached hydrogens (tertiary/aromatic N) is 3. The van der Waals surface area contributed by atoms with E-state index in [-0.39, 0.29) is 56.6 Å². The van der Waals surface area contributed by atoms with Gasteiger partial charge in [-0.25, -0.2) is 13.6 Å². The van der Waals surface area contributed by atoms with Crippen LogP contribution < -0.4 is 43.0 Å². The number of aliphatic hydroxyl groups is 1. The number of halogens is 2. The lowest BCUT2D eigenvalue weighted by atomic mass is 9.82. The van der Waals surface area contributed by atoms with Gasteiger partial charge in [-0.3, -0.25) is 57.5 Å². The molecule has 0 bridgehead atoms. The van der Waals surface area contributed by atoms with Crippen LogP contribution in [0.4, 0.5) is 8.78 Å². The fourth-order valence-corrected chi connectivity index (χ4v) is 9.52. The number of aromatic nitrogens is 1. The lowest BCUT2D eigenvalue weighted by molar-refractivity contribution is -0.197. The molecule has 1 aliphatic rings. The van der Waals surface area contributed by atoms with Crippen molar-refractivity contribution in [2.24, 2.45) is 11.1 Å². The average Bonchev–Trinajstić information content (AvgIpc) is 1.68. The number of primary amides is 1. The maximum absolute atomic E-state index is 15.5. The number of hydrogen-bond acceptors (Lipinski definition) is 18. The van der Waals surface area contributed by atoms with E-state index in [1.807, 2.05) is 12.1 Å². The van der Waals surface area contributed by atoms with Crippen molar-refractivity contribution in [3.63, 3.8) is 0 Å². The van der Waals surface area contributed by atoms with Gasteiger partial charge < -0.3 is 81.7 Å². The maximum atomic E-state index is 15.5. The van der Waals surface area contributed by atoms with E-state index in [9.17, 15) is 76.9 Å². The van der Waals surface area contributed by atoms with Gasteiger partial charge in [0.25, 0.3) is 11.8 Å². The minimum atomic E-state index is -1.84. The van der Waals surface area contributed by atoms with Crippen LogP contribution in [0.1, 0.15) is 110 Å². The Hall–Kier alpha value is -9.27. The molecule has 1 aliphatic heterocycles. The van der Waals surface area contributed by atoms with Crippen molar-refractivity contribution in [2.75, 3.05) is 66.4 Å². The molecule has 0 spiro atoms. The van der Waals surface area contributed by atoms with Crippen molar-refractivity contribution in [1.29, 1.82) is 0 Å². The summed E-state index contributed by atoms with van der Waals surface area (Å²) in [6.45, 7) is 6.08. The van der Waals surface area contributed by atoms with E-state index in [0.29, 0.717) is 24.0 Å². The second-order valence-electron chi connectivity index (χ2n) is 22.7. The average molecular weight is 1310 g/mol. The maximum Gasteiger partial charge on any atom is 0.333 e. The molecule has 11 N–H and O–H groups in total. The van der Waals surface area contributed by atoms with Gasteiger partial charge in [0.2, 0.25) is 53.2 Å². The van der Waals surface area contributed by atoms with Crippen molar-refractivity contribution in [2.45, 2.75) is 135 Å². The third-order valence-electron chi connectivity index (χ3n) is 14.1. The number of hydrogen-bond donors (Lipinski definition) is 10. The van der Waals surface area contributed by atoms with Crippen LogP contribution in [0.5, 0.6) is 0 Å². The van der Waals surface area contributed by atoms with Gasteiger partial charge in [-0.1, -0.05) is 51.1 Å². The Labute approximate surface area is 535 Å². The monoisotopic (exact) mass is 1310 g/mol. The first-order chi connectivity index (χ1) is 44.0. The number of carboxylic acids is 1. The number of carboxylic acid groups (broad SMARTS) is 1. The quantitative estimate of drug-likeness (QED) is 0.0257. The van der Waals surface area contributed by atoms with Crippen molar-refractivity contribution in [3.8, 4) is 11.1 Å². The second-order valence-corrected chi connectivity index (χ2v) is 22.7. The van der Waals surface area contributed by atoms with Gasteiger partial charge in [-0.15, -0.1) is 5.06 Å². The Morgan fingerprint density at radius 3 is 1.91 bits per heavy atom. The summed E-state index contributed by atoms with van der Waals surface area (Å²) in [6.07, 6.45) is -2.03. The highest BCUT2D eigenvalue weighted by atomic mass is 19.1. The number of hydroxylamine groups is 2. The number of methoxy groups -OCH3 is 1. The molecule has 1 fully saturated rings. The van der Waals surface area contributed by atoms with Crippen LogP contribution in [0.15, 0.2) is 60.8 Å². The summed E-state index contributed by atoms with van der Waals surface area (Å²) >= 11 is 0. The molecule has 6 atom stereocenters. The van der Waals surface area contributed by atoms with Crippen LogP contribution in [0.25, 0.3) is 11.1 Å². The van der Waals surface area contributed by atoms with Gasteiger partial charge in [0, 0.05) is 88.4 Å². The van der Waals surface area contributed by atoms with Gasteiger partial charge in [-0.2, -0.15) is 0 Å². The molecular formula is C61H83F2N11O19. The normalized spacial score (nSPS) is 14.1. The zero-order chi connectivity index (χ0) is 69.0. The van der Waals surface area contributed by atoms with Crippen LogP contribution in [-0.2, 0) is 87.9 Å². The summed E-state index contributed by atoms with van der Waals surface area (Å²) in [5, 5.41) is 37.3. The molecule has 0 radical (unpaired) electrons. The summed E-state index contributed by atoms with van der Waals surface area (Å²) in [6, 6.07) is 4.78. The molecular weight excluding hydrogens is 1230 g/mol. The Morgan fingerprint density at radius 2 is 1.30 bits per heavy atom. The first kappa shape index (κ1) is 76.2. The molecule has 0 aliphatic carbocycles. The number of ether oxygens (including phenoxy) is 3. The minimum Gasteiger partial charge on any atom is -0.481 e. The predicted octanol–water partition coefficient (Wildman–Crippen LogP) is -0.327. The Bertz CT molecular complexity index is 3110. The molecule has 4 rings (SSSR count). The third kappa shape index (κ3) is 25.7. The molecule has 32 heteroatoms. The summed E-state index contributed by atoms with van der Waals surface area (Å²) in [7, 11) is 1.51. The predicted molar refractivity (Wildman–Crippen MR) is 323 cm³/mol. The molecule has 11 amide bonds. The first-order valence-corrected chi connectivity index (χ1v) is 29.9. The number of aliphatic carboxylic acids is 1. The number of nitrogens with one attached hydrogen (secondary N) is 7. The van der Waals surface area contributed by atoms with E-state index in [1.54, 1.807) is 55.8 Å². The lowest BCUT2D eigenvalue weighted by Crippen LogP contribution is -2.58. The first-order valence-electron chi connectivity index (χ1n) is 29.9. The van der Waals surface area contributed by atoms with E-state index in [0.717, 1.165) is 23.8 Å². The number of benzene rings is 2. The van der Waals surface area contributed by atoms with Crippen LogP contribution in [-0.4, -0.2) is 198 Å². The topological polar surface area (TPSA) is 421 Å². The lowest BCUT2D eigenvalue weighted by Gasteiger charge is -2.41. The van der Waals surface area contributed by atoms with Gasteiger partial charge >= 0.3 is 11.9 Å². The van der Waals surface area contributed by atoms with Crippen molar-refractivity contribution < 1.29 is 100 Å². The SMILES string of the molecule is COCCOCCOCC(=O)N[C@@H](C)C(=O)N[C@H](C)C(=O)N[C@@H](CC(N)=O)C(=O)N[C@@H](CCN(C(=O)CO)[C@@H](c1cc(-c2cc(F)ccc2F)cn1Cc1ccccc1)C(C)(C)C)C(=O)NCCNC(=O)[C@@H](CCC(=O)O)NC(=O)CCCC(=O)ON1C(=O)CCC1=O. The van der Waals surface area contributed by atoms with Gasteiger partial charge in [-0.05, 0) is 68.4 Å². The Morgan fingerprint density at radius 1 is 0.699 bits per heavy atom. The van der Waals surface area contributed by atoms with Gasteiger partial charge in [0.15, 0.2) is 0 Å². The molecule has 510 valence electrons. The van der Waals surface area contributed by atoms with E-state index in [2.05, 4.69) is 37.2 Å². The number of carbonyl (C=O) groups is 13. The number of imide groups is 1. The molecule has 30 nitrogen and oxygen atoms in total. The highest BCUT2D eigenvalue weighted by molar-refractivity contribution is 6.02. The molecule has 1 aromatic heterocycles. The van der Waals surface area contributed by atoms with Crippen LogP contribution >= 0.6 is 0 Å². The van der Waals surface area contributed by atoms with Gasteiger partial charge in [0.1, 0.15) is 55.1 Å². The summed E-state index contributed by atoms with van der Waals surface area (Å²) in [4.78, 5) is 175. The number of carbonyl (C=O) groups excluding carboxylic acids is 12. The van der Waals surface area contributed by atoms with Crippen LogP contribution in [0.3, 0.4) is 0 Å². The fraction of sp³-hybridized carbons (Fsp3) is 0.525. The highest BCUT2D eigenvalue weighted by Gasteiger charge is 2.39. The molecule has 0 saturated carbocycles. The van der Waals surface area contributed by atoms with Crippen molar-refractivity contribution in [3.05, 3.63) is 83.7 Å². The zero-order valence-corrected chi connectivity index (χ0v) is 52.7. The van der Waals surface area contributed by atoms with E-state index in [4.69, 9.17) is 24.8 Å².